The summed E-state index contributed by atoms with van der Waals surface area (Å²) in [5, 5.41) is 0. The van der Waals surface area contributed by atoms with Gasteiger partial charge in [0, 0.05) is 1.43 Å². The SMILES string of the molecule is [Cl-].[Cl-].[Cl-].[HH].[Ti+3]. The maximum Gasteiger partial charge on any atom is 3.00 e. The largest absolute Gasteiger partial charge is 3.00 e. The van der Waals surface area contributed by atoms with Crippen LogP contribution in [0.25, 0.3) is 0 Å². The zero-order valence-electron chi connectivity index (χ0n) is 1.63. The minimum absolute atomic E-state index is 0. The second kappa shape index (κ2) is 23.5. The van der Waals surface area contributed by atoms with Gasteiger partial charge in [0.25, 0.3) is 0 Å². The van der Waals surface area contributed by atoms with Gasteiger partial charge in [-0.15, -0.1) is 0 Å². The van der Waals surface area contributed by atoms with Gasteiger partial charge in [-0.05, 0) is 0 Å². The zero-order valence-corrected chi connectivity index (χ0v) is 5.46. The number of hydrogen-bond donors (Lipinski definition) is 0. The molecule has 0 rings (SSSR count). The van der Waals surface area contributed by atoms with Crippen molar-refractivity contribution in [3.05, 3.63) is 0 Å². The molecule has 0 N–H and O–H groups in total. The van der Waals surface area contributed by atoms with Crippen molar-refractivity contribution >= 4 is 0 Å². The van der Waals surface area contributed by atoms with Gasteiger partial charge in [0.2, 0.25) is 0 Å². The first-order chi connectivity index (χ1) is 0. The maximum absolute atomic E-state index is 0. The normalized spacial score (nSPS) is 0. The van der Waals surface area contributed by atoms with E-state index in [1.807, 2.05) is 0 Å². The number of rotatable bonds is 0. The molecule has 0 heterocycles. The Kier molecular flexibility index (Phi) is 274. The minimum atomic E-state index is 0. The van der Waals surface area contributed by atoms with Crippen LogP contribution in [-0.4, -0.2) is 0 Å². The quantitative estimate of drug-likeness (QED) is 0.306. The summed E-state index contributed by atoms with van der Waals surface area (Å²) in [6.07, 6.45) is 0. The van der Waals surface area contributed by atoms with Crippen LogP contribution in [-0.2, 0) is 21.7 Å². The van der Waals surface area contributed by atoms with Crippen molar-refractivity contribution in [1.82, 2.24) is 0 Å². The van der Waals surface area contributed by atoms with E-state index in [1.165, 1.54) is 0 Å². The molecule has 0 aromatic carbocycles. The molecule has 0 unspecified atom stereocenters. The van der Waals surface area contributed by atoms with E-state index >= 15 is 0 Å². The van der Waals surface area contributed by atoms with Crippen LogP contribution in [0.4, 0.5) is 0 Å². The number of halogens is 3. The summed E-state index contributed by atoms with van der Waals surface area (Å²) in [5.74, 6) is 0. The van der Waals surface area contributed by atoms with Crippen LogP contribution in [0.3, 0.4) is 0 Å². The Labute approximate surface area is 60.3 Å². The van der Waals surface area contributed by atoms with Gasteiger partial charge >= 0.3 is 21.7 Å². The molecule has 0 aromatic rings. The van der Waals surface area contributed by atoms with E-state index in [0.29, 0.717) is 0 Å². The fraction of sp³-hybridized carbons (Fsp3) is 0. The molecule has 0 nitrogen and oxygen atoms in total. The molecule has 0 aromatic heterocycles. The topological polar surface area (TPSA) is 0 Å². The van der Waals surface area contributed by atoms with Crippen molar-refractivity contribution in [3.8, 4) is 0 Å². The molecule has 1 radical (unpaired) electrons. The van der Waals surface area contributed by atoms with Crippen molar-refractivity contribution in [1.29, 1.82) is 0 Å². The van der Waals surface area contributed by atoms with E-state index in [0.717, 1.165) is 0 Å². The fourth-order valence-electron chi connectivity index (χ4n) is 0. The average Bonchev–Trinajstić information content (AvgIpc) is 0. The summed E-state index contributed by atoms with van der Waals surface area (Å²) < 4.78 is 0. The zero-order chi connectivity index (χ0) is 0. The molecule has 0 saturated heterocycles. The van der Waals surface area contributed by atoms with Crippen molar-refractivity contribution in [2.75, 3.05) is 0 Å². The molecular formula is H2Cl3Ti. The Bertz CT molecular complexity index is 6.85. The van der Waals surface area contributed by atoms with E-state index in [-0.39, 0.29) is 60.4 Å². The van der Waals surface area contributed by atoms with Crippen LogP contribution in [0.1, 0.15) is 1.43 Å². The first-order valence-electron chi connectivity index (χ1n) is 0. The Morgan fingerprint density at radius 2 is 0.750 bits per heavy atom. The first-order valence-corrected chi connectivity index (χ1v) is 0. The molecule has 0 aliphatic heterocycles. The molecule has 0 fully saturated rings. The molecular weight excluding hydrogens is 154 g/mol. The third kappa shape index (κ3) is 9.54. The Hall–Kier alpha value is 1.58. The molecule has 27 valence electrons. The molecule has 4 heteroatoms. The standard InChI is InChI=1S/3ClH.Ti.H2/h3*1H;;1H/q;;;+3;/p-3. The maximum atomic E-state index is 0. The van der Waals surface area contributed by atoms with Crippen LogP contribution in [0.2, 0.25) is 0 Å². The monoisotopic (exact) mass is 155 g/mol. The van der Waals surface area contributed by atoms with Crippen molar-refractivity contribution in [2.45, 2.75) is 0 Å². The van der Waals surface area contributed by atoms with Gasteiger partial charge in [-0.2, -0.15) is 0 Å². The van der Waals surface area contributed by atoms with E-state index in [9.17, 15) is 0 Å². The van der Waals surface area contributed by atoms with E-state index < -0.39 is 0 Å². The predicted molar refractivity (Wildman–Crippen MR) is 2.11 cm³/mol. The van der Waals surface area contributed by atoms with E-state index in [1.54, 1.807) is 0 Å². The van der Waals surface area contributed by atoms with Gasteiger partial charge in [-0.25, -0.2) is 0 Å². The van der Waals surface area contributed by atoms with Gasteiger partial charge in [0.05, 0.1) is 0 Å². The Morgan fingerprint density at radius 1 is 0.750 bits per heavy atom. The summed E-state index contributed by atoms with van der Waals surface area (Å²) in [7, 11) is 0. The van der Waals surface area contributed by atoms with Crippen molar-refractivity contribution in [2.24, 2.45) is 0 Å². The van der Waals surface area contributed by atoms with E-state index in [2.05, 4.69) is 0 Å². The Balaban J connectivity index is 0. The van der Waals surface area contributed by atoms with Gasteiger partial charge in [0.1, 0.15) is 0 Å². The van der Waals surface area contributed by atoms with Gasteiger partial charge < -0.3 is 37.2 Å². The molecule has 4 heavy (non-hydrogen) atoms. The van der Waals surface area contributed by atoms with Gasteiger partial charge in [-0.3, -0.25) is 0 Å². The smallest absolute Gasteiger partial charge is 1.00 e. The summed E-state index contributed by atoms with van der Waals surface area (Å²) in [4.78, 5) is 0. The van der Waals surface area contributed by atoms with Crippen LogP contribution < -0.4 is 37.2 Å². The molecule has 0 saturated carbocycles. The molecule has 0 aliphatic carbocycles. The van der Waals surface area contributed by atoms with Crippen LogP contribution >= 0.6 is 0 Å². The molecule has 0 spiro atoms. The Morgan fingerprint density at radius 3 is 0.750 bits per heavy atom. The first kappa shape index (κ1) is 46.8. The fourth-order valence-corrected chi connectivity index (χ4v) is 0. The van der Waals surface area contributed by atoms with Gasteiger partial charge in [-0.1, -0.05) is 0 Å². The van der Waals surface area contributed by atoms with Crippen LogP contribution in [0.5, 0.6) is 0 Å². The van der Waals surface area contributed by atoms with Crippen LogP contribution in [0, 0.1) is 0 Å². The average molecular weight is 156 g/mol. The second-order valence-electron chi connectivity index (χ2n) is 0. The third-order valence-corrected chi connectivity index (χ3v) is 0. The molecule has 0 aliphatic rings. The molecule has 0 bridgehead atoms. The second-order valence-corrected chi connectivity index (χ2v) is 0. The summed E-state index contributed by atoms with van der Waals surface area (Å²) in [6.45, 7) is 0. The summed E-state index contributed by atoms with van der Waals surface area (Å²) >= 11 is 0. The number of hydrogen-bond acceptors (Lipinski definition) is 0. The summed E-state index contributed by atoms with van der Waals surface area (Å²) in [6, 6.07) is 0. The predicted octanol–water partition coefficient (Wildman–Crippen LogP) is -8.74. The van der Waals surface area contributed by atoms with Crippen molar-refractivity contribution < 1.29 is 60.4 Å². The van der Waals surface area contributed by atoms with Crippen LogP contribution in [0.15, 0.2) is 0 Å². The third-order valence-electron chi connectivity index (χ3n) is 0. The summed E-state index contributed by atoms with van der Waals surface area (Å²) in [5.41, 5.74) is 0. The minimum Gasteiger partial charge on any atom is -1.00 e. The molecule has 0 amide bonds. The van der Waals surface area contributed by atoms with Gasteiger partial charge in [0.15, 0.2) is 0 Å². The van der Waals surface area contributed by atoms with E-state index in [4.69, 9.17) is 0 Å². The van der Waals surface area contributed by atoms with Crippen molar-refractivity contribution in [3.63, 3.8) is 0 Å². The molecule has 0 atom stereocenters.